The molecule has 1 unspecified atom stereocenters. The van der Waals surface area contributed by atoms with E-state index in [1.165, 1.54) is 12.3 Å². The summed E-state index contributed by atoms with van der Waals surface area (Å²) in [6.07, 6.45) is 11.8. The van der Waals surface area contributed by atoms with E-state index in [0.717, 1.165) is 18.4 Å². The third-order valence-electron chi connectivity index (χ3n) is 2.45. The molecule has 1 aliphatic rings. The summed E-state index contributed by atoms with van der Waals surface area (Å²) in [4.78, 5) is 11.0. The fraction of sp³-hybridized carbons (Fsp3) is 0.500. The molecule has 0 aliphatic heterocycles. The summed E-state index contributed by atoms with van der Waals surface area (Å²) in [5, 5.41) is 0. The highest BCUT2D eigenvalue weighted by Crippen LogP contribution is 2.22. The number of rotatable bonds is 7. The number of carbonyl (C=O) groups excluding carboxylic acids is 1. The molecule has 0 radical (unpaired) electrons. The second kappa shape index (κ2) is 8.37. The molecule has 0 aromatic heterocycles. The van der Waals surface area contributed by atoms with E-state index in [2.05, 4.69) is 12.0 Å². The van der Waals surface area contributed by atoms with Crippen molar-refractivity contribution in [1.29, 1.82) is 0 Å². The molecule has 0 saturated heterocycles. The van der Waals surface area contributed by atoms with Crippen LogP contribution in [-0.2, 0) is 19.0 Å². The smallest absolute Gasteiger partial charge is 0.333 e. The lowest BCUT2D eigenvalue weighted by Gasteiger charge is -2.13. The third-order valence-corrected chi connectivity index (χ3v) is 2.45. The Balaban J connectivity index is 2.26. The minimum atomic E-state index is -0.405. The lowest BCUT2D eigenvalue weighted by Crippen LogP contribution is -2.15. The van der Waals surface area contributed by atoms with Crippen LogP contribution in [0.4, 0.5) is 0 Å². The predicted molar refractivity (Wildman–Crippen MR) is 67.6 cm³/mol. The van der Waals surface area contributed by atoms with Gasteiger partial charge in [-0.2, -0.15) is 0 Å². The summed E-state index contributed by atoms with van der Waals surface area (Å²) in [6.45, 7) is 2.82. The molecule has 0 aromatic rings. The summed E-state index contributed by atoms with van der Waals surface area (Å²) in [7, 11) is 0. The molecular weight excluding hydrogens is 232 g/mol. The van der Waals surface area contributed by atoms with Gasteiger partial charge in [0.15, 0.2) is 0 Å². The van der Waals surface area contributed by atoms with Crippen LogP contribution >= 0.6 is 0 Å². The zero-order chi connectivity index (χ0) is 13.2. The number of terminal acetylenes is 1. The van der Waals surface area contributed by atoms with Gasteiger partial charge in [-0.1, -0.05) is 12.0 Å². The van der Waals surface area contributed by atoms with E-state index in [4.69, 9.17) is 20.6 Å². The van der Waals surface area contributed by atoms with E-state index in [9.17, 15) is 4.79 Å². The summed E-state index contributed by atoms with van der Waals surface area (Å²) in [5.41, 5.74) is 1.07. The zero-order valence-corrected chi connectivity index (χ0v) is 10.6. The molecule has 0 heterocycles. The second-order valence-corrected chi connectivity index (χ2v) is 3.73. The molecule has 0 saturated carbocycles. The first-order valence-corrected chi connectivity index (χ1v) is 5.96. The standard InChI is InChI=1S/C14H18O4/c1-3-9-18-13-7-5-6-12(13)11-16-10-8-14(15)17-4-2/h1,6,8,10,13H,4-5,7,9,11H2,2H3/b10-8+. The Morgan fingerprint density at radius 2 is 2.50 bits per heavy atom. The molecule has 0 amide bonds. The molecule has 18 heavy (non-hydrogen) atoms. The predicted octanol–water partition coefficient (Wildman–Crippen LogP) is 1.82. The molecule has 1 atom stereocenters. The molecule has 4 heteroatoms. The van der Waals surface area contributed by atoms with Gasteiger partial charge < -0.3 is 14.2 Å². The molecule has 4 nitrogen and oxygen atoms in total. The van der Waals surface area contributed by atoms with Gasteiger partial charge in [0.25, 0.3) is 0 Å². The Kier molecular flexibility index (Phi) is 6.67. The maximum atomic E-state index is 11.0. The van der Waals surface area contributed by atoms with Crippen molar-refractivity contribution in [2.45, 2.75) is 25.9 Å². The van der Waals surface area contributed by atoms with Crippen LogP contribution in [0.2, 0.25) is 0 Å². The molecule has 0 N–H and O–H groups in total. The molecule has 1 aliphatic carbocycles. The first kappa shape index (κ1) is 14.3. The number of carbonyl (C=O) groups is 1. The number of hydrogen-bond acceptors (Lipinski definition) is 4. The Morgan fingerprint density at radius 3 is 3.22 bits per heavy atom. The highest BCUT2D eigenvalue weighted by atomic mass is 16.5. The maximum Gasteiger partial charge on any atom is 0.333 e. The SMILES string of the molecule is C#CCOC1CCC=C1CO/C=C/C(=O)OCC. The molecule has 0 bridgehead atoms. The van der Waals surface area contributed by atoms with E-state index in [1.54, 1.807) is 6.92 Å². The van der Waals surface area contributed by atoms with Gasteiger partial charge in [0.2, 0.25) is 0 Å². The van der Waals surface area contributed by atoms with Crippen molar-refractivity contribution in [3.05, 3.63) is 24.0 Å². The van der Waals surface area contributed by atoms with Crippen LogP contribution in [0.3, 0.4) is 0 Å². The van der Waals surface area contributed by atoms with Crippen LogP contribution in [0.1, 0.15) is 19.8 Å². The molecule has 98 valence electrons. The van der Waals surface area contributed by atoms with Crippen molar-refractivity contribution in [3.63, 3.8) is 0 Å². The van der Waals surface area contributed by atoms with Gasteiger partial charge in [-0.15, -0.1) is 6.42 Å². The van der Waals surface area contributed by atoms with E-state index < -0.39 is 5.97 Å². The van der Waals surface area contributed by atoms with Gasteiger partial charge in [0.05, 0.1) is 25.0 Å². The monoisotopic (exact) mass is 250 g/mol. The van der Waals surface area contributed by atoms with Crippen molar-refractivity contribution in [1.82, 2.24) is 0 Å². The van der Waals surface area contributed by atoms with E-state index in [-0.39, 0.29) is 6.10 Å². The number of ether oxygens (including phenoxy) is 3. The topological polar surface area (TPSA) is 44.8 Å². The van der Waals surface area contributed by atoms with Crippen LogP contribution in [0.15, 0.2) is 24.0 Å². The van der Waals surface area contributed by atoms with Gasteiger partial charge in [-0.3, -0.25) is 0 Å². The minimum absolute atomic E-state index is 0.0389. The van der Waals surface area contributed by atoms with Crippen LogP contribution in [-0.4, -0.2) is 31.9 Å². The Labute approximate surface area is 108 Å². The van der Waals surface area contributed by atoms with Crippen molar-refractivity contribution in [3.8, 4) is 12.3 Å². The van der Waals surface area contributed by atoms with Gasteiger partial charge in [0.1, 0.15) is 13.2 Å². The maximum absolute atomic E-state index is 11.0. The van der Waals surface area contributed by atoms with E-state index in [0.29, 0.717) is 19.8 Å². The molecule has 0 aromatic carbocycles. The molecule has 0 fully saturated rings. The Bertz CT molecular complexity index is 362. The first-order valence-electron chi connectivity index (χ1n) is 5.96. The quantitative estimate of drug-likeness (QED) is 0.227. The van der Waals surface area contributed by atoms with Crippen LogP contribution in [0.5, 0.6) is 0 Å². The second-order valence-electron chi connectivity index (χ2n) is 3.73. The Morgan fingerprint density at radius 1 is 1.67 bits per heavy atom. The average Bonchev–Trinajstić information content (AvgIpc) is 2.80. The van der Waals surface area contributed by atoms with Gasteiger partial charge in [-0.25, -0.2) is 4.79 Å². The van der Waals surface area contributed by atoms with Crippen molar-refractivity contribution in [2.24, 2.45) is 0 Å². The zero-order valence-electron chi connectivity index (χ0n) is 10.6. The van der Waals surface area contributed by atoms with Crippen LogP contribution in [0, 0.1) is 12.3 Å². The van der Waals surface area contributed by atoms with E-state index in [1.807, 2.05) is 0 Å². The largest absolute Gasteiger partial charge is 0.496 e. The summed E-state index contributed by atoms with van der Waals surface area (Å²) in [5.74, 6) is 2.04. The Hall–Kier alpha value is -1.73. The molecular formula is C14H18O4. The van der Waals surface area contributed by atoms with Crippen molar-refractivity contribution < 1.29 is 19.0 Å². The highest BCUT2D eigenvalue weighted by molar-refractivity contribution is 5.81. The number of allylic oxidation sites excluding steroid dienone is 1. The number of esters is 1. The van der Waals surface area contributed by atoms with Crippen molar-refractivity contribution >= 4 is 5.97 Å². The fourth-order valence-electron chi connectivity index (χ4n) is 1.67. The summed E-state index contributed by atoms with van der Waals surface area (Å²) < 4.78 is 15.5. The first-order chi connectivity index (χ1) is 8.77. The molecule has 1 rings (SSSR count). The molecule has 0 spiro atoms. The van der Waals surface area contributed by atoms with Crippen LogP contribution < -0.4 is 0 Å². The third kappa shape index (κ3) is 5.07. The number of hydrogen-bond donors (Lipinski definition) is 0. The fourth-order valence-corrected chi connectivity index (χ4v) is 1.67. The van der Waals surface area contributed by atoms with Gasteiger partial charge >= 0.3 is 5.97 Å². The summed E-state index contributed by atoms with van der Waals surface area (Å²) in [6, 6.07) is 0. The van der Waals surface area contributed by atoms with Crippen LogP contribution in [0.25, 0.3) is 0 Å². The normalized spacial score (nSPS) is 18.4. The lowest BCUT2D eigenvalue weighted by molar-refractivity contribution is -0.137. The minimum Gasteiger partial charge on any atom is -0.496 e. The van der Waals surface area contributed by atoms with E-state index >= 15 is 0 Å². The summed E-state index contributed by atoms with van der Waals surface area (Å²) >= 11 is 0. The highest BCUT2D eigenvalue weighted by Gasteiger charge is 2.19. The lowest BCUT2D eigenvalue weighted by atomic mass is 10.2. The van der Waals surface area contributed by atoms with Gasteiger partial charge in [0, 0.05) is 0 Å². The van der Waals surface area contributed by atoms with Crippen molar-refractivity contribution in [2.75, 3.05) is 19.8 Å². The van der Waals surface area contributed by atoms with Gasteiger partial charge in [-0.05, 0) is 25.3 Å². The average molecular weight is 250 g/mol.